The molecular formula is C10H13NO2. The minimum Gasteiger partial charge on any atom is -0.481 e. The average Bonchev–Trinajstić information content (AvgIpc) is 2.04. The molecule has 13 heavy (non-hydrogen) atoms. The lowest BCUT2D eigenvalue weighted by molar-refractivity contribution is -0.141. The molecule has 0 amide bonds. The zero-order valence-electron chi connectivity index (χ0n) is 7.53. The number of anilines is 1. The summed E-state index contributed by atoms with van der Waals surface area (Å²) in [7, 11) is 0. The van der Waals surface area contributed by atoms with Crippen molar-refractivity contribution in [3.63, 3.8) is 0 Å². The van der Waals surface area contributed by atoms with E-state index in [1.807, 2.05) is 12.1 Å². The quantitative estimate of drug-likeness (QED) is 0.691. The summed E-state index contributed by atoms with van der Waals surface area (Å²) in [5, 5.41) is 8.68. The molecular weight excluding hydrogens is 166 g/mol. The van der Waals surface area contributed by atoms with Crippen LogP contribution in [0.1, 0.15) is 12.5 Å². The Labute approximate surface area is 77.2 Å². The summed E-state index contributed by atoms with van der Waals surface area (Å²) in [6.07, 6.45) is 0.528. The molecule has 0 fully saturated rings. The Kier molecular flexibility index (Phi) is 2.90. The first-order chi connectivity index (χ1) is 6.09. The second-order valence-corrected chi connectivity index (χ2v) is 3.19. The van der Waals surface area contributed by atoms with Gasteiger partial charge in [-0.05, 0) is 24.1 Å². The Morgan fingerprint density at radius 3 is 2.85 bits per heavy atom. The third-order valence-electron chi connectivity index (χ3n) is 1.91. The number of rotatable bonds is 3. The van der Waals surface area contributed by atoms with Gasteiger partial charge < -0.3 is 10.8 Å². The van der Waals surface area contributed by atoms with Gasteiger partial charge in [0.15, 0.2) is 0 Å². The molecule has 0 spiro atoms. The van der Waals surface area contributed by atoms with E-state index >= 15 is 0 Å². The van der Waals surface area contributed by atoms with E-state index in [1.54, 1.807) is 19.1 Å². The predicted molar refractivity (Wildman–Crippen MR) is 51.4 cm³/mol. The molecule has 0 aromatic heterocycles. The van der Waals surface area contributed by atoms with Crippen molar-refractivity contribution in [2.75, 3.05) is 5.73 Å². The van der Waals surface area contributed by atoms with Crippen molar-refractivity contribution in [3.8, 4) is 0 Å². The summed E-state index contributed by atoms with van der Waals surface area (Å²) in [5.41, 5.74) is 7.21. The zero-order chi connectivity index (χ0) is 9.84. The van der Waals surface area contributed by atoms with Gasteiger partial charge in [0.05, 0.1) is 5.92 Å². The van der Waals surface area contributed by atoms with Gasteiger partial charge in [-0.3, -0.25) is 4.79 Å². The molecule has 0 heterocycles. The van der Waals surface area contributed by atoms with E-state index in [1.165, 1.54) is 0 Å². The molecule has 0 aliphatic rings. The number of hydrogen-bond acceptors (Lipinski definition) is 2. The lowest BCUT2D eigenvalue weighted by Crippen LogP contribution is -2.12. The molecule has 1 rings (SSSR count). The minimum atomic E-state index is -0.776. The Morgan fingerprint density at radius 2 is 2.31 bits per heavy atom. The second kappa shape index (κ2) is 3.94. The molecule has 70 valence electrons. The fourth-order valence-electron chi connectivity index (χ4n) is 1.16. The first-order valence-corrected chi connectivity index (χ1v) is 4.17. The van der Waals surface area contributed by atoms with E-state index < -0.39 is 5.97 Å². The highest BCUT2D eigenvalue weighted by atomic mass is 16.4. The summed E-state index contributed by atoms with van der Waals surface area (Å²) in [5.74, 6) is -1.13. The van der Waals surface area contributed by atoms with Crippen molar-refractivity contribution in [1.82, 2.24) is 0 Å². The number of nitrogens with two attached hydrogens (primary N) is 1. The molecule has 1 atom stereocenters. The van der Waals surface area contributed by atoms with Crippen LogP contribution in [0, 0.1) is 5.92 Å². The van der Waals surface area contributed by atoms with Crippen LogP contribution in [0.15, 0.2) is 24.3 Å². The van der Waals surface area contributed by atoms with E-state index in [2.05, 4.69) is 0 Å². The van der Waals surface area contributed by atoms with Gasteiger partial charge in [0.2, 0.25) is 0 Å². The monoisotopic (exact) mass is 179 g/mol. The van der Waals surface area contributed by atoms with Crippen LogP contribution in [0.4, 0.5) is 5.69 Å². The Bertz CT molecular complexity index is 310. The van der Waals surface area contributed by atoms with E-state index in [-0.39, 0.29) is 5.92 Å². The zero-order valence-corrected chi connectivity index (χ0v) is 7.53. The van der Waals surface area contributed by atoms with Gasteiger partial charge in [-0.2, -0.15) is 0 Å². The van der Waals surface area contributed by atoms with Gasteiger partial charge in [-0.15, -0.1) is 0 Å². The highest BCUT2D eigenvalue weighted by Crippen LogP contribution is 2.11. The minimum absolute atomic E-state index is 0.359. The molecule has 0 bridgehead atoms. The van der Waals surface area contributed by atoms with Gasteiger partial charge in [-0.25, -0.2) is 0 Å². The van der Waals surface area contributed by atoms with Crippen LogP contribution in [-0.2, 0) is 11.2 Å². The van der Waals surface area contributed by atoms with Gasteiger partial charge >= 0.3 is 5.97 Å². The molecule has 1 aromatic carbocycles. The number of carboxylic acids is 1. The number of aliphatic carboxylic acids is 1. The van der Waals surface area contributed by atoms with Crippen molar-refractivity contribution < 1.29 is 9.90 Å². The maximum absolute atomic E-state index is 10.6. The Hall–Kier alpha value is -1.51. The molecule has 0 radical (unpaired) electrons. The average molecular weight is 179 g/mol. The highest BCUT2D eigenvalue weighted by Gasteiger charge is 2.10. The topological polar surface area (TPSA) is 63.3 Å². The van der Waals surface area contributed by atoms with Gasteiger partial charge in [0.1, 0.15) is 0 Å². The molecule has 3 heteroatoms. The fraction of sp³-hybridized carbons (Fsp3) is 0.300. The van der Waals surface area contributed by atoms with Crippen molar-refractivity contribution in [2.45, 2.75) is 13.3 Å². The standard InChI is InChI=1S/C10H13NO2/c1-7(10(12)13)5-8-3-2-4-9(11)6-8/h2-4,6-7H,5,11H2,1H3,(H,12,13)/t7-/m1/s1. The van der Waals surface area contributed by atoms with Crippen molar-refractivity contribution in [1.29, 1.82) is 0 Å². The molecule has 3 N–H and O–H groups in total. The van der Waals surface area contributed by atoms with Crippen LogP contribution in [-0.4, -0.2) is 11.1 Å². The molecule has 0 saturated heterocycles. The number of carboxylic acid groups (broad SMARTS) is 1. The third-order valence-corrected chi connectivity index (χ3v) is 1.91. The van der Waals surface area contributed by atoms with E-state index in [4.69, 9.17) is 10.8 Å². The van der Waals surface area contributed by atoms with Gasteiger partial charge in [0.25, 0.3) is 0 Å². The number of nitrogen functional groups attached to an aromatic ring is 1. The van der Waals surface area contributed by atoms with E-state index in [0.717, 1.165) is 5.56 Å². The first kappa shape index (κ1) is 9.58. The van der Waals surface area contributed by atoms with Crippen LogP contribution in [0.2, 0.25) is 0 Å². The van der Waals surface area contributed by atoms with Crippen LogP contribution in [0.25, 0.3) is 0 Å². The smallest absolute Gasteiger partial charge is 0.306 e. The number of carbonyl (C=O) groups is 1. The van der Waals surface area contributed by atoms with E-state index in [0.29, 0.717) is 12.1 Å². The van der Waals surface area contributed by atoms with Crippen molar-refractivity contribution in [3.05, 3.63) is 29.8 Å². The van der Waals surface area contributed by atoms with Crippen LogP contribution in [0.3, 0.4) is 0 Å². The molecule has 0 saturated carbocycles. The summed E-state index contributed by atoms with van der Waals surface area (Å²) < 4.78 is 0. The van der Waals surface area contributed by atoms with Crippen LogP contribution < -0.4 is 5.73 Å². The summed E-state index contributed by atoms with van der Waals surface area (Å²) in [4.78, 5) is 10.6. The van der Waals surface area contributed by atoms with E-state index in [9.17, 15) is 4.79 Å². The van der Waals surface area contributed by atoms with Gasteiger partial charge in [-0.1, -0.05) is 19.1 Å². The molecule has 0 aliphatic carbocycles. The highest BCUT2D eigenvalue weighted by molar-refractivity contribution is 5.70. The molecule has 3 nitrogen and oxygen atoms in total. The normalized spacial score (nSPS) is 12.4. The number of benzene rings is 1. The van der Waals surface area contributed by atoms with Crippen LogP contribution in [0.5, 0.6) is 0 Å². The van der Waals surface area contributed by atoms with Crippen LogP contribution >= 0.6 is 0 Å². The lowest BCUT2D eigenvalue weighted by atomic mass is 10.0. The maximum atomic E-state index is 10.6. The third kappa shape index (κ3) is 2.78. The largest absolute Gasteiger partial charge is 0.481 e. The summed E-state index contributed by atoms with van der Waals surface area (Å²) in [6, 6.07) is 7.31. The molecule has 1 aromatic rings. The second-order valence-electron chi connectivity index (χ2n) is 3.19. The molecule has 0 unspecified atom stereocenters. The van der Waals surface area contributed by atoms with Crippen molar-refractivity contribution in [2.24, 2.45) is 5.92 Å². The predicted octanol–water partition coefficient (Wildman–Crippen LogP) is 1.53. The van der Waals surface area contributed by atoms with Gasteiger partial charge in [0, 0.05) is 5.69 Å². The number of hydrogen-bond donors (Lipinski definition) is 2. The SMILES string of the molecule is C[C@H](Cc1cccc(N)c1)C(=O)O. The maximum Gasteiger partial charge on any atom is 0.306 e. The van der Waals surface area contributed by atoms with Crippen molar-refractivity contribution >= 4 is 11.7 Å². The lowest BCUT2D eigenvalue weighted by Gasteiger charge is -2.06. The fourth-order valence-corrected chi connectivity index (χ4v) is 1.16. The Balaban J connectivity index is 2.69. The first-order valence-electron chi connectivity index (χ1n) is 4.17. The summed E-state index contributed by atoms with van der Waals surface area (Å²) >= 11 is 0. The Morgan fingerprint density at radius 1 is 1.62 bits per heavy atom. The molecule has 0 aliphatic heterocycles. The summed E-state index contributed by atoms with van der Waals surface area (Å²) in [6.45, 7) is 1.69.